The van der Waals surface area contributed by atoms with Crippen LogP contribution in [0.5, 0.6) is 0 Å². The summed E-state index contributed by atoms with van der Waals surface area (Å²) in [5, 5.41) is 2.81. The minimum atomic E-state index is 0.720. The molecule has 0 aliphatic heterocycles. The predicted octanol–water partition coefficient (Wildman–Crippen LogP) is 2.46. The molecule has 2 aromatic rings. The third-order valence-corrected chi connectivity index (χ3v) is 3.35. The number of hydrogen-bond donors (Lipinski definition) is 0. The number of rotatable bonds is 4. The van der Waals surface area contributed by atoms with Gasteiger partial charge in [0.2, 0.25) is 5.95 Å². The van der Waals surface area contributed by atoms with E-state index in [-0.39, 0.29) is 0 Å². The Bertz CT molecular complexity index is 429. The molecule has 16 heavy (non-hydrogen) atoms. The van der Waals surface area contributed by atoms with Crippen LogP contribution in [0.1, 0.15) is 11.3 Å². The maximum atomic E-state index is 4.29. The van der Waals surface area contributed by atoms with Crippen molar-refractivity contribution in [1.29, 1.82) is 0 Å². The lowest BCUT2D eigenvalue weighted by molar-refractivity contribution is 0.845. The van der Waals surface area contributed by atoms with Crippen LogP contribution in [0.4, 0.5) is 5.95 Å². The minimum Gasteiger partial charge on any atom is -0.338 e. The van der Waals surface area contributed by atoms with Crippen LogP contribution in [-0.2, 0) is 11.9 Å². The molecule has 0 unspecified atom stereocenters. The molecule has 2 aromatic heterocycles. The summed E-state index contributed by atoms with van der Waals surface area (Å²) in [5.74, 6) is 0.720. The largest absolute Gasteiger partial charge is 0.338 e. The molecular formula is C10H11BrN4S. The number of alkyl halides is 1. The van der Waals surface area contributed by atoms with Gasteiger partial charge in [-0.1, -0.05) is 15.9 Å². The average Bonchev–Trinajstić information content (AvgIpc) is 2.82. The van der Waals surface area contributed by atoms with Gasteiger partial charge >= 0.3 is 0 Å². The highest BCUT2D eigenvalue weighted by Gasteiger charge is 2.05. The molecule has 2 heterocycles. The third-order valence-electron chi connectivity index (χ3n) is 2.07. The van der Waals surface area contributed by atoms with E-state index < -0.39 is 0 Å². The van der Waals surface area contributed by atoms with E-state index >= 15 is 0 Å². The molecule has 0 fully saturated rings. The molecule has 0 aliphatic rings. The second-order valence-electron chi connectivity index (χ2n) is 3.36. The summed E-state index contributed by atoms with van der Waals surface area (Å²) < 4.78 is 0. The average molecular weight is 299 g/mol. The fraction of sp³-hybridized carbons (Fsp3) is 0.300. The van der Waals surface area contributed by atoms with Crippen molar-refractivity contribution in [3.63, 3.8) is 0 Å². The zero-order valence-electron chi connectivity index (χ0n) is 8.80. The van der Waals surface area contributed by atoms with Crippen LogP contribution in [0.3, 0.4) is 0 Å². The van der Waals surface area contributed by atoms with Crippen molar-refractivity contribution in [1.82, 2.24) is 15.0 Å². The Hall–Kier alpha value is -1.01. The zero-order valence-corrected chi connectivity index (χ0v) is 11.2. The van der Waals surface area contributed by atoms with Gasteiger partial charge < -0.3 is 4.90 Å². The lowest BCUT2D eigenvalue weighted by Crippen LogP contribution is -2.19. The van der Waals surface area contributed by atoms with E-state index in [4.69, 9.17) is 0 Å². The van der Waals surface area contributed by atoms with Crippen LogP contribution < -0.4 is 4.90 Å². The topological polar surface area (TPSA) is 41.9 Å². The number of anilines is 1. The monoisotopic (exact) mass is 298 g/mol. The molecule has 0 N–H and O–H groups in total. The molecule has 0 atom stereocenters. The predicted molar refractivity (Wildman–Crippen MR) is 68.9 cm³/mol. The molecule has 0 saturated heterocycles. The summed E-state index contributed by atoms with van der Waals surface area (Å²) in [6, 6.07) is 0. The van der Waals surface area contributed by atoms with Gasteiger partial charge in [0.15, 0.2) is 0 Å². The Labute approximate surface area is 107 Å². The van der Waals surface area contributed by atoms with Gasteiger partial charge in [-0.2, -0.15) is 0 Å². The highest BCUT2D eigenvalue weighted by Crippen LogP contribution is 2.11. The molecular weight excluding hydrogens is 288 g/mol. The summed E-state index contributed by atoms with van der Waals surface area (Å²) in [5.41, 5.74) is 3.95. The molecule has 0 bridgehead atoms. The first kappa shape index (κ1) is 11.5. The Morgan fingerprint density at radius 3 is 2.62 bits per heavy atom. The molecule has 2 rings (SSSR count). The molecule has 0 aromatic carbocycles. The van der Waals surface area contributed by atoms with Crippen molar-refractivity contribution in [2.75, 3.05) is 11.9 Å². The van der Waals surface area contributed by atoms with Crippen molar-refractivity contribution >= 4 is 33.2 Å². The first-order valence-corrected chi connectivity index (χ1v) is 6.81. The highest BCUT2D eigenvalue weighted by molar-refractivity contribution is 9.08. The molecule has 0 aliphatic carbocycles. The van der Waals surface area contributed by atoms with E-state index in [2.05, 4.69) is 30.9 Å². The molecule has 84 valence electrons. The Morgan fingerprint density at radius 1 is 1.31 bits per heavy atom. The molecule has 0 radical (unpaired) electrons. The number of hydrogen-bond acceptors (Lipinski definition) is 5. The lowest BCUT2D eigenvalue weighted by atomic mass is 10.4. The number of nitrogens with zero attached hydrogens (tertiary/aromatic N) is 4. The highest BCUT2D eigenvalue weighted by atomic mass is 79.9. The Kier molecular flexibility index (Phi) is 3.84. The second-order valence-corrected chi connectivity index (χ2v) is 4.64. The summed E-state index contributed by atoms with van der Waals surface area (Å²) in [6.45, 7) is 0.733. The van der Waals surface area contributed by atoms with E-state index in [0.717, 1.165) is 29.1 Å². The lowest BCUT2D eigenvalue weighted by Gasteiger charge is -2.15. The molecule has 0 amide bonds. The zero-order chi connectivity index (χ0) is 11.4. The van der Waals surface area contributed by atoms with Gasteiger partial charge in [0.1, 0.15) is 0 Å². The maximum absolute atomic E-state index is 4.29. The summed E-state index contributed by atoms with van der Waals surface area (Å²) in [6.07, 6.45) is 3.66. The third kappa shape index (κ3) is 2.76. The Morgan fingerprint density at radius 2 is 2.06 bits per heavy atom. The molecule has 0 spiro atoms. The van der Waals surface area contributed by atoms with Gasteiger partial charge in [-0.25, -0.2) is 15.0 Å². The maximum Gasteiger partial charge on any atom is 0.225 e. The van der Waals surface area contributed by atoms with Gasteiger partial charge in [0, 0.05) is 30.2 Å². The van der Waals surface area contributed by atoms with Crippen molar-refractivity contribution in [2.24, 2.45) is 0 Å². The van der Waals surface area contributed by atoms with Crippen LogP contribution in [0, 0.1) is 0 Å². The van der Waals surface area contributed by atoms with Crippen LogP contribution in [0.2, 0.25) is 0 Å². The fourth-order valence-electron chi connectivity index (χ4n) is 1.24. The smallest absolute Gasteiger partial charge is 0.225 e. The fourth-order valence-corrected chi connectivity index (χ4v) is 2.08. The van der Waals surface area contributed by atoms with Crippen molar-refractivity contribution < 1.29 is 0 Å². The molecule has 6 heteroatoms. The Balaban J connectivity index is 2.05. The van der Waals surface area contributed by atoms with E-state index in [1.807, 2.05) is 35.2 Å². The van der Waals surface area contributed by atoms with Crippen LogP contribution in [0.25, 0.3) is 0 Å². The van der Waals surface area contributed by atoms with E-state index in [9.17, 15) is 0 Å². The van der Waals surface area contributed by atoms with Gasteiger partial charge in [-0.3, -0.25) is 0 Å². The summed E-state index contributed by atoms with van der Waals surface area (Å²) in [4.78, 5) is 14.8. The van der Waals surface area contributed by atoms with Crippen molar-refractivity contribution in [2.45, 2.75) is 11.9 Å². The van der Waals surface area contributed by atoms with Crippen molar-refractivity contribution in [3.8, 4) is 0 Å². The quantitative estimate of drug-likeness (QED) is 0.813. The number of aromatic nitrogens is 3. The second kappa shape index (κ2) is 5.36. The molecule has 4 nitrogen and oxygen atoms in total. The van der Waals surface area contributed by atoms with Gasteiger partial charge in [0.05, 0.1) is 17.7 Å². The summed E-state index contributed by atoms with van der Waals surface area (Å²) >= 11 is 4.96. The van der Waals surface area contributed by atoms with Crippen LogP contribution >= 0.6 is 27.3 Å². The first-order valence-electron chi connectivity index (χ1n) is 4.74. The van der Waals surface area contributed by atoms with Crippen molar-refractivity contribution in [3.05, 3.63) is 34.5 Å². The van der Waals surface area contributed by atoms with E-state index in [0.29, 0.717) is 0 Å². The van der Waals surface area contributed by atoms with Crippen LogP contribution in [-0.4, -0.2) is 22.0 Å². The minimum absolute atomic E-state index is 0.720. The van der Waals surface area contributed by atoms with E-state index in [1.165, 1.54) is 0 Å². The summed E-state index contributed by atoms with van der Waals surface area (Å²) in [7, 11) is 1.96. The standard InChI is InChI=1S/C10H11BrN4S/c1-15(5-9-6-16-7-14-9)10-12-3-8(2-11)4-13-10/h3-4,6-7H,2,5H2,1H3. The molecule has 0 saturated carbocycles. The van der Waals surface area contributed by atoms with Gasteiger partial charge in [0.25, 0.3) is 0 Å². The SMILES string of the molecule is CN(Cc1cscn1)c1ncc(CBr)cn1. The first-order chi connectivity index (χ1) is 7.79. The van der Waals surface area contributed by atoms with Crippen LogP contribution in [0.15, 0.2) is 23.3 Å². The van der Waals surface area contributed by atoms with E-state index in [1.54, 1.807) is 11.3 Å². The normalized spacial score (nSPS) is 10.4. The number of halogens is 1. The van der Waals surface area contributed by atoms with Gasteiger partial charge in [-0.15, -0.1) is 11.3 Å². The number of thiazole rings is 1. The van der Waals surface area contributed by atoms with Gasteiger partial charge in [-0.05, 0) is 5.56 Å².